The molecule has 0 spiro atoms. The maximum Gasteiger partial charge on any atom is 0.303 e. The predicted octanol–water partition coefficient (Wildman–Crippen LogP) is 0.590. The molecule has 3 N–H and O–H groups in total. The van der Waals surface area contributed by atoms with E-state index in [1.165, 1.54) is 0 Å². The molecule has 0 saturated carbocycles. The molecule has 0 amide bonds. The van der Waals surface area contributed by atoms with Gasteiger partial charge in [0.2, 0.25) is 0 Å². The van der Waals surface area contributed by atoms with Gasteiger partial charge in [0.1, 0.15) is 2.82 Å². The highest BCUT2D eigenvalue weighted by molar-refractivity contribution is 5.66. The molecule has 3 heteroatoms. The van der Waals surface area contributed by atoms with Crippen molar-refractivity contribution in [2.24, 2.45) is 5.72 Å². The molecule has 0 radical (unpaired) electrons. The largest absolute Gasteiger partial charge is 0.481 e. The Morgan fingerprint density at radius 2 is 2.33 bits per heavy atom. The normalized spacial score (nSPS) is 13.0. The van der Waals surface area contributed by atoms with Crippen molar-refractivity contribution >= 4 is 5.97 Å². The molecule has 0 rings (SSSR count). The molecule has 54 valence electrons. The van der Waals surface area contributed by atoms with Crippen LogP contribution in [0.5, 0.6) is 0 Å². The second-order valence-electron chi connectivity index (χ2n) is 1.93. The Bertz CT molecular complexity index is 119. The number of hydrogen-bond acceptors (Lipinski definition) is 2. The summed E-state index contributed by atoms with van der Waals surface area (Å²) in [5.74, 6) is -0.779. The van der Waals surface area contributed by atoms with Crippen LogP contribution in [0.4, 0.5) is 0 Å². The minimum absolute atomic E-state index is 0.190. The second-order valence-corrected chi connectivity index (χ2v) is 1.93. The highest BCUT2D eigenvalue weighted by atomic mass is 16.4. The van der Waals surface area contributed by atoms with Crippen molar-refractivity contribution in [1.29, 1.82) is 0 Å². The summed E-state index contributed by atoms with van der Waals surface area (Å²) in [6, 6.07) is 0. The van der Waals surface area contributed by atoms with E-state index in [-0.39, 0.29) is 6.42 Å². The van der Waals surface area contributed by atoms with Crippen molar-refractivity contribution in [2.45, 2.75) is 25.7 Å². The summed E-state index contributed by atoms with van der Waals surface area (Å²) in [7, 11) is 0. The third-order valence-corrected chi connectivity index (χ3v) is 1.05. The van der Waals surface area contributed by atoms with E-state index in [4.69, 9.17) is 7.93 Å². The smallest absolute Gasteiger partial charge is 0.303 e. The van der Waals surface area contributed by atoms with Crippen molar-refractivity contribution in [3.8, 4) is 0 Å². The van der Waals surface area contributed by atoms with Crippen molar-refractivity contribution in [1.82, 2.24) is 0 Å². The Morgan fingerprint density at radius 1 is 1.56 bits per heavy atom. The van der Waals surface area contributed by atoms with Gasteiger partial charge in [-0.05, 0) is 19.4 Å². The van der Waals surface area contributed by atoms with Gasteiger partial charge in [-0.1, -0.05) is 6.42 Å². The molecular weight excluding hydrogens is 118 g/mol. The molecule has 0 aromatic heterocycles. The molecule has 0 fully saturated rings. The van der Waals surface area contributed by atoms with Crippen LogP contribution < -0.4 is 5.72 Å². The number of rotatable bonds is 6. The topological polar surface area (TPSA) is 63.3 Å². The van der Waals surface area contributed by atoms with Gasteiger partial charge < -0.3 is 10.8 Å². The van der Waals surface area contributed by atoms with Crippen molar-refractivity contribution in [2.75, 3.05) is 6.54 Å². The molecule has 9 heavy (non-hydrogen) atoms. The first-order chi connectivity index (χ1) is 5.13. The van der Waals surface area contributed by atoms with Crippen LogP contribution in [0.25, 0.3) is 0 Å². The standard InChI is InChI=1S/C6H13NO2/c7-5-3-1-2-4-6(8)9/h1-5,7H2,(H,8,9)/i/hD2. The van der Waals surface area contributed by atoms with Crippen LogP contribution in [0.15, 0.2) is 0 Å². The van der Waals surface area contributed by atoms with E-state index in [0.717, 1.165) is 12.8 Å². The monoisotopic (exact) mass is 133 g/mol. The second kappa shape index (κ2) is 5.56. The molecule has 0 heterocycles. The lowest BCUT2D eigenvalue weighted by Gasteiger charge is -1.93. The zero-order chi connectivity index (χ0) is 8.69. The lowest BCUT2D eigenvalue weighted by Crippen LogP contribution is -1.99. The SMILES string of the molecule is [2H]N([2H])CCCCCC(=O)O. The van der Waals surface area contributed by atoms with Crippen molar-refractivity contribution in [3.05, 3.63) is 0 Å². The lowest BCUT2D eigenvalue weighted by atomic mass is 10.2. The fourth-order valence-corrected chi connectivity index (χ4v) is 0.565. The Kier molecular flexibility index (Phi) is 3.24. The van der Waals surface area contributed by atoms with Gasteiger partial charge >= 0.3 is 5.97 Å². The third kappa shape index (κ3) is 7.43. The number of unbranched alkanes of at least 4 members (excludes halogenated alkanes) is 2. The summed E-state index contributed by atoms with van der Waals surface area (Å²) in [6.45, 7) is 0.389. The number of aliphatic carboxylic acids is 1. The summed E-state index contributed by atoms with van der Waals surface area (Å²) in [4.78, 5) is 10.0. The molecule has 0 aliphatic heterocycles. The molecule has 0 aromatic carbocycles. The number of carboxylic acids is 1. The van der Waals surface area contributed by atoms with Crippen LogP contribution in [-0.2, 0) is 4.79 Å². The van der Waals surface area contributed by atoms with E-state index in [1.54, 1.807) is 0 Å². The van der Waals surface area contributed by atoms with E-state index in [9.17, 15) is 4.79 Å². The molecule has 0 aliphatic rings. The maximum absolute atomic E-state index is 10.0. The summed E-state index contributed by atoms with van der Waals surface area (Å²) in [5.41, 5.74) is 0.612. The minimum atomic E-state index is -0.779. The zero-order valence-corrected chi connectivity index (χ0v) is 5.34. The van der Waals surface area contributed by atoms with Crippen LogP contribution in [0, 0.1) is 0 Å². The van der Waals surface area contributed by atoms with E-state index >= 15 is 0 Å². The first-order valence-electron chi connectivity index (χ1n) is 3.99. The van der Waals surface area contributed by atoms with Gasteiger partial charge in [-0.2, -0.15) is 0 Å². The van der Waals surface area contributed by atoms with Crippen LogP contribution in [0.2, 0.25) is 2.82 Å². The minimum Gasteiger partial charge on any atom is -0.481 e. The van der Waals surface area contributed by atoms with Gasteiger partial charge in [-0.15, -0.1) is 0 Å². The van der Waals surface area contributed by atoms with Crippen LogP contribution in [0.3, 0.4) is 0 Å². The molecule has 0 aromatic rings. The third-order valence-electron chi connectivity index (χ3n) is 1.05. The van der Waals surface area contributed by atoms with Gasteiger partial charge in [-0.25, -0.2) is 0 Å². The highest BCUT2D eigenvalue weighted by Gasteiger charge is 1.94. The Balaban J connectivity index is 2.97. The molecule has 0 atom stereocenters. The number of carbonyl (C=O) groups is 1. The van der Waals surface area contributed by atoms with Gasteiger partial charge in [-0.3, -0.25) is 4.79 Å². The average molecular weight is 133 g/mol. The summed E-state index contributed by atoms with van der Waals surface area (Å²) < 4.78 is 13.4. The fourth-order valence-electron chi connectivity index (χ4n) is 0.565. The summed E-state index contributed by atoms with van der Waals surface area (Å²) in [5, 5.41) is 8.24. The molecular formula is C6H13NO2. The molecule has 0 aliphatic carbocycles. The van der Waals surface area contributed by atoms with Crippen molar-refractivity contribution in [3.63, 3.8) is 0 Å². The number of carboxylic acid groups (broad SMARTS) is 1. The maximum atomic E-state index is 10.0. The van der Waals surface area contributed by atoms with E-state index in [1.807, 2.05) is 0 Å². The number of nitrogens with two attached hydrogens (primary N) is 1. The lowest BCUT2D eigenvalue weighted by molar-refractivity contribution is -0.137. The summed E-state index contributed by atoms with van der Waals surface area (Å²) in [6.07, 6.45) is 2.33. The molecule has 0 bridgehead atoms. The Hall–Kier alpha value is -0.570. The van der Waals surface area contributed by atoms with Crippen LogP contribution >= 0.6 is 0 Å². The van der Waals surface area contributed by atoms with E-state index < -0.39 is 5.97 Å². The first-order valence-corrected chi connectivity index (χ1v) is 3.10. The van der Waals surface area contributed by atoms with Crippen LogP contribution in [-0.4, -0.2) is 17.6 Å². The molecule has 3 nitrogen and oxygen atoms in total. The Labute approximate surface area is 57.8 Å². The van der Waals surface area contributed by atoms with Gasteiger partial charge in [0.15, 0.2) is 0 Å². The van der Waals surface area contributed by atoms with Gasteiger partial charge in [0.25, 0.3) is 0 Å². The first kappa shape index (κ1) is 5.23. The van der Waals surface area contributed by atoms with Crippen LogP contribution in [0.1, 0.15) is 25.7 Å². The number of hydrogen-bond donors (Lipinski definition) is 2. The van der Waals surface area contributed by atoms with Crippen molar-refractivity contribution < 1.29 is 12.7 Å². The molecule has 0 unspecified atom stereocenters. The molecule has 0 saturated heterocycles. The zero-order valence-electron chi connectivity index (χ0n) is 7.34. The van der Waals surface area contributed by atoms with Gasteiger partial charge in [0.05, 0.1) is 0 Å². The van der Waals surface area contributed by atoms with Gasteiger partial charge in [0, 0.05) is 6.42 Å². The van der Waals surface area contributed by atoms with E-state index in [2.05, 4.69) is 0 Å². The predicted molar refractivity (Wildman–Crippen MR) is 35.2 cm³/mol. The Morgan fingerprint density at radius 3 is 2.89 bits per heavy atom. The van der Waals surface area contributed by atoms with E-state index in [0.29, 0.717) is 18.7 Å². The fraction of sp³-hybridized carbons (Fsp3) is 0.833. The average Bonchev–Trinajstić information content (AvgIpc) is 1.85. The highest BCUT2D eigenvalue weighted by Crippen LogP contribution is 1.97. The summed E-state index contributed by atoms with van der Waals surface area (Å²) >= 11 is 0. The quantitative estimate of drug-likeness (QED) is 0.521.